The molecule has 0 aliphatic carbocycles. The molecule has 0 saturated heterocycles. The lowest BCUT2D eigenvalue weighted by atomic mass is 10.1. The highest BCUT2D eigenvalue weighted by Gasteiger charge is 2.11. The number of aliphatic hydroxyl groups excluding tert-OH is 1. The zero-order chi connectivity index (χ0) is 12.8. The molecular weight excluding hydrogens is 230 g/mol. The van der Waals surface area contributed by atoms with Gasteiger partial charge in [0.15, 0.2) is 0 Å². The summed E-state index contributed by atoms with van der Waals surface area (Å²) in [6, 6.07) is 8.84. The van der Waals surface area contributed by atoms with Crippen molar-refractivity contribution < 1.29 is 5.11 Å². The van der Waals surface area contributed by atoms with Gasteiger partial charge in [-0.05, 0) is 36.8 Å². The summed E-state index contributed by atoms with van der Waals surface area (Å²) >= 11 is 1.75. The number of aliphatic hydroxyl groups is 1. The van der Waals surface area contributed by atoms with Gasteiger partial charge in [-0.25, -0.2) is 0 Å². The molecule has 0 fully saturated rings. The van der Waals surface area contributed by atoms with Crippen molar-refractivity contribution in [3.8, 4) is 0 Å². The number of hydrogen-bond donors (Lipinski definition) is 2. The molecule has 1 rings (SSSR count). The molecule has 0 bridgehead atoms. The van der Waals surface area contributed by atoms with Crippen molar-refractivity contribution in [1.29, 1.82) is 0 Å². The van der Waals surface area contributed by atoms with Crippen molar-refractivity contribution in [1.82, 2.24) is 5.32 Å². The van der Waals surface area contributed by atoms with Crippen LogP contribution in [0.15, 0.2) is 29.2 Å². The molecule has 17 heavy (non-hydrogen) atoms. The summed E-state index contributed by atoms with van der Waals surface area (Å²) in [5.74, 6) is 0.300. The minimum atomic E-state index is -0.275. The van der Waals surface area contributed by atoms with E-state index < -0.39 is 0 Å². The Morgan fingerprint density at radius 2 is 1.76 bits per heavy atom. The lowest BCUT2D eigenvalue weighted by Crippen LogP contribution is -2.32. The van der Waals surface area contributed by atoms with E-state index >= 15 is 0 Å². The van der Waals surface area contributed by atoms with Crippen molar-refractivity contribution in [3.63, 3.8) is 0 Å². The molecule has 0 spiro atoms. The van der Waals surface area contributed by atoms with Crippen LogP contribution in [0.2, 0.25) is 0 Å². The van der Waals surface area contributed by atoms with E-state index in [1.807, 2.05) is 13.8 Å². The Hall–Kier alpha value is -0.510. The van der Waals surface area contributed by atoms with E-state index in [-0.39, 0.29) is 12.1 Å². The van der Waals surface area contributed by atoms with E-state index in [9.17, 15) is 5.11 Å². The summed E-state index contributed by atoms with van der Waals surface area (Å²) in [6.07, 6.45) is 1.80. The summed E-state index contributed by atoms with van der Waals surface area (Å²) in [5.41, 5.74) is 1.26. The number of thioether (sulfide) groups is 1. The minimum absolute atomic E-state index is 0.275. The Morgan fingerprint density at radius 1 is 1.18 bits per heavy atom. The van der Waals surface area contributed by atoms with Crippen LogP contribution in [-0.2, 0) is 0 Å². The third kappa shape index (κ3) is 4.70. The Bertz CT molecular complexity index is 323. The third-order valence-electron chi connectivity index (χ3n) is 3.02. The summed E-state index contributed by atoms with van der Waals surface area (Å²) in [6.45, 7) is 6.83. The zero-order valence-corrected chi connectivity index (χ0v) is 11.9. The molecule has 0 aliphatic heterocycles. The van der Waals surface area contributed by atoms with Crippen LogP contribution in [-0.4, -0.2) is 24.0 Å². The van der Waals surface area contributed by atoms with Crippen LogP contribution >= 0.6 is 11.8 Å². The molecule has 1 aromatic carbocycles. The summed E-state index contributed by atoms with van der Waals surface area (Å²) in [5, 5.41) is 13.1. The molecule has 2 nitrogen and oxygen atoms in total. The highest BCUT2D eigenvalue weighted by molar-refractivity contribution is 7.98. The molecule has 2 unspecified atom stereocenters. The van der Waals surface area contributed by atoms with Crippen LogP contribution in [0.25, 0.3) is 0 Å². The van der Waals surface area contributed by atoms with E-state index in [1.54, 1.807) is 11.8 Å². The van der Waals surface area contributed by atoms with Gasteiger partial charge in [-0.3, -0.25) is 0 Å². The highest BCUT2D eigenvalue weighted by Crippen LogP contribution is 2.18. The van der Waals surface area contributed by atoms with Crippen molar-refractivity contribution >= 4 is 11.8 Å². The first kappa shape index (κ1) is 14.6. The van der Waals surface area contributed by atoms with Gasteiger partial charge in [-0.2, -0.15) is 0 Å². The first-order chi connectivity index (χ1) is 8.04. The lowest BCUT2D eigenvalue weighted by Gasteiger charge is -2.19. The maximum atomic E-state index is 9.74. The number of hydrogen-bond acceptors (Lipinski definition) is 3. The van der Waals surface area contributed by atoms with Crippen molar-refractivity contribution in [2.75, 3.05) is 12.8 Å². The third-order valence-corrected chi connectivity index (χ3v) is 3.76. The van der Waals surface area contributed by atoms with E-state index in [2.05, 4.69) is 42.8 Å². The fourth-order valence-electron chi connectivity index (χ4n) is 1.54. The molecule has 0 saturated carbocycles. The second kappa shape index (κ2) is 7.04. The van der Waals surface area contributed by atoms with Gasteiger partial charge in [-0.1, -0.05) is 26.0 Å². The normalized spacial score (nSPS) is 14.9. The average Bonchev–Trinajstić information content (AvgIpc) is 2.35. The molecule has 0 aromatic heterocycles. The monoisotopic (exact) mass is 253 g/mol. The predicted molar refractivity (Wildman–Crippen MR) is 75.5 cm³/mol. The van der Waals surface area contributed by atoms with Crippen molar-refractivity contribution in [2.45, 2.75) is 37.8 Å². The SMILES string of the molecule is CSc1ccc(C(C)NCC(O)C(C)C)cc1. The van der Waals surface area contributed by atoms with Gasteiger partial charge in [0.2, 0.25) is 0 Å². The van der Waals surface area contributed by atoms with Gasteiger partial charge in [-0.15, -0.1) is 11.8 Å². The fraction of sp³-hybridized carbons (Fsp3) is 0.571. The van der Waals surface area contributed by atoms with Gasteiger partial charge in [0, 0.05) is 17.5 Å². The number of nitrogens with one attached hydrogen (secondary N) is 1. The fourth-order valence-corrected chi connectivity index (χ4v) is 1.95. The van der Waals surface area contributed by atoms with E-state index in [0.29, 0.717) is 12.5 Å². The second-order valence-corrected chi connectivity index (χ2v) is 5.59. The highest BCUT2D eigenvalue weighted by atomic mass is 32.2. The van der Waals surface area contributed by atoms with Gasteiger partial charge < -0.3 is 10.4 Å². The van der Waals surface area contributed by atoms with Crippen LogP contribution in [0.1, 0.15) is 32.4 Å². The topological polar surface area (TPSA) is 32.3 Å². The van der Waals surface area contributed by atoms with Crippen LogP contribution in [0.5, 0.6) is 0 Å². The Balaban J connectivity index is 2.48. The summed E-state index contributed by atoms with van der Waals surface area (Å²) in [4.78, 5) is 1.28. The lowest BCUT2D eigenvalue weighted by molar-refractivity contribution is 0.120. The standard InChI is InChI=1S/C14H23NOS/c1-10(2)14(16)9-15-11(3)12-5-7-13(17-4)8-6-12/h5-8,10-11,14-16H,9H2,1-4H3. The predicted octanol–water partition coefficient (Wildman–Crippen LogP) is 3.08. The van der Waals surface area contributed by atoms with E-state index in [1.165, 1.54) is 10.5 Å². The Morgan fingerprint density at radius 3 is 2.24 bits per heavy atom. The first-order valence-electron chi connectivity index (χ1n) is 6.10. The molecule has 0 heterocycles. The van der Waals surface area contributed by atoms with Crippen LogP contribution in [0, 0.1) is 5.92 Å². The quantitative estimate of drug-likeness (QED) is 0.764. The van der Waals surface area contributed by atoms with E-state index in [0.717, 1.165) is 0 Å². The largest absolute Gasteiger partial charge is 0.392 e. The molecular formula is C14H23NOS. The van der Waals surface area contributed by atoms with Crippen LogP contribution in [0.4, 0.5) is 0 Å². The first-order valence-corrected chi connectivity index (χ1v) is 7.32. The Kier molecular flexibility index (Phi) is 6.03. The van der Waals surface area contributed by atoms with Gasteiger partial charge >= 0.3 is 0 Å². The van der Waals surface area contributed by atoms with Crippen molar-refractivity contribution in [3.05, 3.63) is 29.8 Å². The minimum Gasteiger partial charge on any atom is -0.392 e. The molecule has 3 heteroatoms. The van der Waals surface area contributed by atoms with Gasteiger partial charge in [0.25, 0.3) is 0 Å². The smallest absolute Gasteiger partial charge is 0.0687 e. The average molecular weight is 253 g/mol. The molecule has 0 aliphatic rings. The molecule has 96 valence electrons. The van der Waals surface area contributed by atoms with Crippen LogP contribution in [0.3, 0.4) is 0 Å². The summed E-state index contributed by atoms with van der Waals surface area (Å²) in [7, 11) is 0. The zero-order valence-electron chi connectivity index (χ0n) is 11.1. The molecule has 1 aromatic rings. The maximum absolute atomic E-state index is 9.74. The number of rotatable bonds is 6. The molecule has 2 atom stereocenters. The molecule has 0 amide bonds. The molecule has 2 N–H and O–H groups in total. The second-order valence-electron chi connectivity index (χ2n) is 4.71. The molecule has 0 radical (unpaired) electrons. The maximum Gasteiger partial charge on any atom is 0.0687 e. The number of benzene rings is 1. The van der Waals surface area contributed by atoms with Gasteiger partial charge in [0.05, 0.1) is 6.10 Å². The van der Waals surface area contributed by atoms with E-state index in [4.69, 9.17) is 0 Å². The Labute approximate surface area is 109 Å². The van der Waals surface area contributed by atoms with Crippen molar-refractivity contribution in [2.24, 2.45) is 5.92 Å². The van der Waals surface area contributed by atoms with Crippen LogP contribution < -0.4 is 5.32 Å². The summed E-state index contributed by atoms with van der Waals surface area (Å²) < 4.78 is 0. The van der Waals surface area contributed by atoms with Gasteiger partial charge in [0.1, 0.15) is 0 Å².